The van der Waals surface area contributed by atoms with Crippen molar-refractivity contribution >= 4 is 5.91 Å². The molecule has 0 bridgehead atoms. The van der Waals surface area contributed by atoms with E-state index < -0.39 is 5.79 Å². The van der Waals surface area contributed by atoms with E-state index in [2.05, 4.69) is 5.92 Å². The molecule has 1 aromatic rings. The second-order valence-corrected chi connectivity index (χ2v) is 5.12. The number of nitrogens with zero attached hydrogens (tertiary/aromatic N) is 1. The maximum Gasteiger partial charge on any atom is 0.253 e. The lowest BCUT2D eigenvalue weighted by Gasteiger charge is -2.37. The first-order chi connectivity index (χ1) is 9.72. The van der Waals surface area contributed by atoms with Gasteiger partial charge in [-0.25, -0.2) is 0 Å². The van der Waals surface area contributed by atoms with Crippen LogP contribution in [0.2, 0.25) is 0 Å². The van der Waals surface area contributed by atoms with Crippen LogP contribution in [0.5, 0.6) is 0 Å². The standard InChI is InChI=1S/C16H17NO3/c1-2-13-3-5-14(6-4-13)15(18)17-9-7-16(8-10-17)19-11-12-20-16/h1,3-6H,7-12H2. The number of carbonyl (C=O) groups is 1. The van der Waals surface area contributed by atoms with Gasteiger partial charge in [0.25, 0.3) is 5.91 Å². The lowest BCUT2D eigenvalue weighted by Crippen LogP contribution is -2.47. The molecule has 0 saturated carbocycles. The van der Waals surface area contributed by atoms with Gasteiger partial charge >= 0.3 is 0 Å². The zero-order chi connectivity index (χ0) is 14.0. The van der Waals surface area contributed by atoms with Crippen molar-refractivity contribution in [3.05, 3.63) is 35.4 Å². The van der Waals surface area contributed by atoms with Crippen LogP contribution in [0.3, 0.4) is 0 Å². The number of terminal acetylenes is 1. The molecule has 0 radical (unpaired) electrons. The van der Waals surface area contributed by atoms with Gasteiger partial charge in [0.1, 0.15) is 0 Å². The third-order valence-electron chi connectivity index (χ3n) is 3.92. The van der Waals surface area contributed by atoms with Gasteiger partial charge in [0.05, 0.1) is 13.2 Å². The third-order valence-corrected chi connectivity index (χ3v) is 3.92. The first-order valence-corrected chi connectivity index (χ1v) is 6.86. The number of hydrogen-bond acceptors (Lipinski definition) is 3. The number of ether oxygens (including phenoxy) is 2. The van der Waals surface area contributed by atoms with E-state index in [0.29, 0.717) is 31.9 Å². The van der Waals surface area contributed by atoms with Crippen LogP contribution in [-0.4, -0.2) is 42.9 Å². The van der Waals surface area contributed by atoms with Crippen molar-refractivity contribution < 1.29 is 14.3 Å². The molecule has 104 valence electrons. The largest absolute Gasteiger partial charge is 0.347 e. The summed E-state index contributed by atoms with van der Waals surface area (Å²) in [5, 5.41) is 0. The molecule has 0 unspecified atom stereocenters. The molecule has 4 heteroatoms. The summed E-state index contributed by atoms with van der Waals surface area (Å²) in [4.78, 5) is 14.2. The van der Waals surface area contributed by atoms with Crippen LogP contribution >= 0.6 is 0 Å². The molecule has 2 fully saturated rings. The number of hydrogen-bond donors (Lipinski definition) is 0. The van der Waals surface area contributed by atoms with Gasteiger partial charge in [-0.3, -0.25) is 4.79 Å². The lowest BCUT2D eigenvalue weighted by atomic mass is 10.0. The third kappa shape index (κ3) is 2.43. The van der Waals surface area contributed by atoms with E-state index in [1.54, 1.807) is 24.3 Å². The molecule has 1 spiro atoms. The zero-order valence-electron chi connectivity index (χ0n) is 11.3. The van der Waals surface area contributed by atoms with Crippen LogP contribution in [-0.2, 0) is 9.47 Å². The Morgan fingerprint density at radius 3 is 2.30 bits per heavy atom. The van der Waals surface area contributed by atoms with E-state index in [9.17, 15) is 4.79 Å². The maximum atomic E-state index is 12.4. The van der Waals surface area contributed by atoms with E-state index in [1.807, 2.05) is 4.90 Å². The Morgan fingerprint density at radius 2 is 1.75 bits per heavy atom. The number of benzene rings is 1. The fraction of sp³-hybridized carbons (Fsp3) is 0.438. The van der Waals surface area contributed by atoms with Gasteiger partial charge in [0.2, 0.25) is 0 Å². The summed E-state index contributed by atoms with van der Waals surface area (Å²) in [6.07, 6.45) is 6.79. The first kappa shape index (κ1) is 13.2. The normalized spacial score (nSPS) is 20.9. The van der Waals surface area contributed by atoms with Crippen molar-refractivity contribution in [2.75, 3.05) is 26.3 Å². The Labute approximate surface area is 118 Å². The van der Waals surface area contributed by atoms with Gasteiger partial charge in [-0.2, -0.15) is 0 Å². The van der Waals surface area contributed by atoms with Gasteiger partial charge in [0.15, 0.2) is 5.79 Å². The highest BCUT2D eigenvalue weighted by Crippen LogP contribution is 2.31. The van der Waals surface area contributed by atoms with E-state index in [4.69, 9.17) is 15.9 Å². The van der Waals surface area contributed by atoms with Crippen LogP contribution in [0.25, 0.3) is 0 Å². The number of carbonyl (C=O) groups excluding carboxylic acids is 1. The van der Waals surface area contributed by atoms with Gasteiger partial charge in [0, 0.05) is 37.1 Å². The van der Waals surface area contributed by atoms with Crippen LogP contribution in [0.15, 0.2) is 24.3 Å². The molecule has 2 aliphatic heterocycles. The Kier molecular flexibility index (Phi) is 3.47. The summed E-state index contributed by atoms with van der Waals surface area (Å²) >= 11 is 0. The minimum absolute atomic E-state index is 0.0430. The summed E-state index contributed by atoms with van der Waals surface area (Å²) in [6.45, 7) is 2.63. The molecule has 0 aromatic heterocycles. The van der Waals surface area contributed by atoms with Crippen molar-refractivity contribution in [2.24, 2.45) is 0 Å². The number of likely N-dealkylation sites (tertiary alicyclic amines) is 1. The Hall–Kier alpha value is -1.83. The van der Waals surface area contributed by atoms with Crippen molar-refractivity contribution in [3.63, 3.8) is 0 Å². The van der Waals surface area contributed by atoms with E-state index in [1.165, 1.54) is 0 Å². The lowest BCUT2D eigenvalue weighted by molar-refractivity contribution is -0.181. The quantitative estimate of drug-likeness (QED) is 0.729. The molecule has 0 N–H and O–H groups in total. The van der Waals surface area contributed by atoms with Gasteiger partial charge in [-0.1, -0.05) is 5.92 Å². The van der Waals surface area contributed by atoms with Crippen LogP contribution in [0.4, 0.5) is 0 Å². The van der Waals surface area contributed by atoms with Gasteiger partial charge in [-0.15, -0.1) is 6.42 Å². The predicted molar refractivity (Wildman–Crippen MR) is 74.1 cm³/mol. The van der Waals surface area contributed by atoms with E-state index in [0.717, 1.165) is 18.4 Å². The van der Waals surface area contributed by atoms with Crippen LogP contribution in [0, 0.1) is 12.3 Å². The highest BCUT2D eigenvalue weighted by Gasteiger charge is 2.40. The summed E-state index contributed by atoms with van der Waals surface area (Å²) in [7, 11) is 0. The molecule has 0 aliphatic carbocycles. The first-order valence-electron chi connectivity index (χ1n) is 6.86. The molecule has 20 heavy (non-hydrogen) atoms. The molecular formula is C16H17NO3. The molecule has 2 aliphatic rings. The Bertz CT molecular complexity index is 528. The highest BCUT2D eigenvalue weighted by atomic mass is 16.7. The maximum absolute atomic E-state index is 12.4. The molecule has 2 saturated heterocycles. The summed E-state index contributed by atoms with van der Waals surface area (Å²) in [5.41, 5.74) is 1.46. The van der Waals surface area contributed by atoms with Crippen molar-refractivity contribution in [3.8, 4) is 12.3 Å². The van der Waals surface area contributed by atoms with Crippen LogP contribution < -0.4 is 0 Å². The molecular weight excluding hydrogens is 254 g/mol. The summed E-state index contributed by atoms with van der Waals surface area (Å²) < 4.78 is 11.3. The van der Waals surface area contributed by atoms with E-state index in [-0.39, 0.29) is 5.91 Å². The van der Waals surface area contributed by atoms with Crippen molar-refractivity contribution in [2.45, 2.75) is 18.6 Å². The average molecular weight is 271 g/mol. The fourth-order valence-corrected chi connectivity index (χ4v) is 2.73. The summed E-state index contributed by atoms with van der Waals surface area (Å²) in [6, 6.07) is 7.15. The Balaban J connectivity index is 1.65. The van der Waals surface area contributed by atoms with E-state index >= 15 is 0 Å². The predicted octanol–water partition coefficient (Wildman–Crippen LogP) is 1.65. The minimum atomic E-state index is -0.440. The number of rotatable bonds is 1. The molecule has 4 nitrogen and oxygen atoms in total. The smallest absolute Gasteiger partial charge is 0.253 e. The molecule has 0 atom stereocenters. The molecule has 1 aromatic carbocycles. The second-order valence-electron chi connectivity index (χ2n) is 5.12. The monoisotopic (exact) mass is 271 g/mol. The van der Waals surface area contributed by atoms with Gasteiger partial charge < -0.3 is 14.4 Å². The second kappa shape index (κ2) is 5.28. The topological polar surface area (TPSA) is 38.8 Å². The summed E-state index contributed by atoms with van der Waals surface area (Å²) in [5.74, 6) is 2.15. The molecule has 3 rings (SSSR count). The van der Waals surface area contributed by atoms with Crippen molar-refractivity contribution in [1.82, 2.24) is 4.90 Å². The number of piperidine rings is 1. The van der Waals surface area contributed by atoms with Crippen molar-refractivity contribution in [1.29, 1.82) is 0 Å². The Morgan fingerprint density at radius 1 is 1.15 bits per heavy atom. The zero-order valence-corrected chi connectivity index (χ0v) is 11.3. The average Bonchev–Trinajstić information content (AvgIpc) is 2.96. The number of amides is 1. The molecule has 1 amide bonds. The minimum Gasteiger partial charge on any atom is -0.347 e. The highest BCUT2D eigenvalue weighted by molar-refractivity contribution is 5.94. The van der Waals surface area contributed by atoms with Gasteiger partial charge in [-0.05, 0) is 24.3 Å². The fourth-order valence-electron chi connectivity index (χ4n) is 2.73. The molecule has 2 heterocycles. The van der Waals surface area contributed by atoms with Crippen LogP contribution in [0.1, 0.15) is 28.8 Å². The SMILES string of the molecule is C#Cc1ccc(C(=O)N2CCC3(CC2)OCCO3)cc1.